The van der Waals surface area contributed by atoms with Crippen LogP contribution in [0.1, 0.15) is 2.85 Å². The van der Waals surface area contributed by atoms with E-state index in [1.807, 2.05) is 0 Å². The second-order valence-electron chi connectivity index (χ2n) is 0.0680. The monoisotopic (exact) mass is 154 g/mol. The Hall–Kier alpha value is 1.38. The molecule has 0 aromatic rings. The Bertz CT molecular complexity index is 32.5. The minimum absolute atomic E-state index is 0. The van der Waals surface area contributed by atoms with Crippen LogP contribution in [0.5, 0.6) is 0 Å². The van der Waals surface area contributed by atoms with Gasteiger partial charge in [0.15, 0.2) is 0 Å². The van der Waals surface area contributed by atoms with Gasteiger partial charge in [0, 0.05) is 0 Å². The van der Waals surface area contributed by atoms with E-state index in [9.17, 15) is 0 Å². The van der Waals surface area contributed by atoms with Crippen LogP contribution in [0.3, 0.4) is 0 Å². The van der Waals surface area contributed by atoms with E-state index in [0.29, 0.717) is 0 Å². The molecule has 0 aliphatic heterocycles. The van der Waals surface area contributed by atoms with E-state index in [2.05, 4.69) is 0 Å². The van der Waals surface area contributed by atoms with E-state index < -0.39 is 14.8 Å². The van der Waals surface area contributed by atoms with Gasteiger partial charge in [-0.25, -0.2) is 0 Å². The van der Waals surface area contributed by atoms with Crippen molar-refractivity contribution < 1.29 is 10.5 Å². The average Bonchev–Trinajstić information content (AvgIpc) is 0.918. The number of hydrogen-bond acceptors (Lipinski definition) is 2. The molecule has 0 unspecified atom stereocenters. The molecule has 0 spiro atoms. The molecule has 0 aliphatic rings. The third-order valence-corrected chi connectivity index (χ3v) is 0. The van der Waals surface area contributed by atoms with Crippen LogP contribution in [-0.2, 0) is 7.67 Å². The molecule has 0 rings (SSSR count). The molecule has 0 N–H and O–H groups in total. The maximum atomic E-state index is 8.44. The van der Waals surface area contributed by atoms with Crippen molar-refractivity contribution >= 4 is 52.6 Å². The summed E-state index contributed by atoms with van der Waals surface area (Å²) in [6.07, 6.45) is 0. The Labute approximate surface area is 62.5 Å². The molecule has 0 saturated heterocycles. The van der Waals surface area contributed by atoms with Crippen LogP contribution in [0, 0.1) is 0 Å². The van der Waals surface area contributed by atoms with Gasteiger partial charge in [-0.05, 0) is 0 Å². The molecule has 0 saturated carbocycles. The molecule has 0 aromatic carbocycles. The summed E-state index contributed by atoms with van der Waals surface area (Å²) < 4.78 is 16.9. The van der Waals surface area contributed by atoms with E-state index in [0.717, 1.165) is 0 Å². The van der Waals surface area contributed by atoms with Gasteiger partial charge in [0.25, 0.3) is 0 Å². The zero-order valence-electron chi connectivity index (χ0n) is 3.93. The second-order valence-corrected chi connectivity index (χ2v) is 0.354. The van der Waals surface area contributed by atoms with E-state index in [4.69, 9.17) is 7.67 Å². The number of hydrogen-bond donors (Lipinski definition) is 0. The van der Waals surface area contributed by atoms with Crippen molar-refractivity contribution in [3.05, 3.63) is 0 Å². The van der Waals surface area contributed by atoms with Crippen LogP contribution < -0.4 is 0 Å². The Balaban J connectivity index is -0.00000000667. The number of rotatable bonds is 0. The van der Waals surface area contributed by atoms with Crippen LogP contribution >= 0.6 is 0 Å². The molecule has 4 heteroatoms. The zero-order chi connectivity index (χ0) is 2.71. The van der Waals surface area contributed by atoms with Gasteiger partial charge in [-0.1, -0.05) is 0 Å². The maximum Gasteiger partial charge on any atom is 2.00 e. The third kappa shape index (κ3) is 10.1. The van der Waals surface area contributed by atoms with Crippen LogP contribution in [0.25, 0.3) is 0 Å². The fraction of sp³-hybridized carbons (Fsp3) is 0. The van der Waals surface area contributed by atoms with E-state index in [1.165, 1.54) is 0 Å². The molecule has 0 aliphatic carbocycles. The Morgan fingerprint density at radius 2 is 1.50 bits per heavy atom. The van der Waals surface area contributed by atoms with E-state index in [1.54, 1.807) is 0 Å². The van der Waals surface area contributed by atoms with Crippen molar-refractivity contribution in [2.24, 2.45) is 0 Å². The minimum Gasteiger partial charge on any atom is -1.00 e. The summed E-state index contributed by atoms with van der Waals surface area (Å²) in [7, 11) is 0. The Kier molecular flexibility index (Phi) is 20.0. The first-order valence-corrected chi connectivity index (χ1v) is 1.73. The van der Waals surface area contributed by atoms with Gasteiger partial charge < -0.3 is 2.85 Å². The smallest absolute Gasteiger partial charge is 1.00 e. The molecule has 22 valence electrons. The summed E-state index contributed by atoms with van der Waals surface area (Å²) in [6, 6.07) is 0. The maximum absolute atomic E-state index is 8.44. The van der Waals surface area contributed by atoms with Gasteiger partial charge >= 0.3 is 60.2 Å². The summed E-state index contributed by atoms with van der Waals surface area (Å²) >= 11 is -1.62. The summed E-state index contributed by atoms with van der Waals surface area (Å²) in [5.74, 6) is 0. The normalized spacial score (nSPS) is 3.00. The minimum atomic E-state index is -1.62. The molecule has 4 heavy (non-hydrogen) atoms. The first-order valence-electron chi connectivity index (χ1n) is 0.333. The summed E-state index contributed by atoms with van der Waals surface area (Å²) in [4.78, 5) is 0. The molecule has 2 nitrogen and oxygen atoms in total. The molecule has 0 amide bonds. The fourth-order valence-electron chi connectivity index (χ4n) is 0. The predicted molar refractivity (Wildman–Crippen MR) is 15.1 cm³/mol. The van der Waals surface area contributed by atoms with Crippen LogP contribution in [-0.4, -0.2) is 52.6 Å². The quantitative estimate of drug-likeness (QED) is 0.428. The second kappa shape index (κ2) is 8.83. The standard InChI is InChI=1S/Ca.O2Se.2H/c;1-3-2;;/q+2;;2*-1. The predicted octanol–water partition coefficient (Wildman–Crippen LogP) is -0.774. The van der Waals surface area contributed by atoms with Crippen molar-refractivity contribution in [1.29, 1.82) is 0 Å². The van der Waals surface area contributed by atoms with Gasteiger partial charge in [0.05, 0.1) is 0 Å². The summed E-state index contributed by atoms with van der Waals surface area (Å²) in [5, 5.41) is 0. The van der Waals surface area contributed by atoms with Crippen LogP contribution in [0.15, 0.2) is 0 Å². The third-order valence-electron chi connectivity index (χ3n) is 0. The van der Waals surface area contributed by atoms with Crippen molar-refractivity contribution in [3.63, 3.8) is 0 Å². The zero-order valence-corrected chi connectivity index (χ0v) is 5.85. The van der Waals surface area contributed by atoms with Gasteiger partial charge in [0.1, 0.15) is 0 Å². The van der Waals surface area contributed by atoms with Crippen LogP contribution in [0.2, 0.25) is 0 Å². The topological polar surface area (TPSA) is 34.1 Å². The fourth-order valence-corrected chi connectivity index (χ4v) is 0. The van der Waals surface area contributed by atoms with Crippen molar-refractivity contribution in [1.82, 2.24) is 0 Å². The van der Waals surface area contributed by atoms with Crippen molar-refractivity contribution in [3.8, 4) is 0 Å². The first kappa shape index (κ1) is 9.03. The molecular weight excluding hydrogens is 151 g/mol. The van der Waals surface area contributed by atoms with Gasteiger partial charge in [-0.15, -0.1) is 0 Å². The van der Waals surface area contributed by atoms with E-state index >= 15 is 0 Å². The van der Waals surface area contributed by atoms with Crippen molar-refractivity contribution in [2.45, 2.75) is 0 Å². The Morgan fingerprint density at radius 1 is 1.50 bits per heavy atom. The van der Waals surface area contributed by atoms with Crippen LogP contribution in [0.4, 0.5) is 0 Å². The van der Waals surface area contributed by atoms with Crippen molar-refractivity contribution in [2.75, 3.05) is 0 Å². The molecule has 0 aromatic heterocycles. The molecule has 0 atom stereocenters. The summed E-state index contributed by atoms with van der Waals surface area (Å²) in [6.45, 7) is 0. The van der Waals surface area contributed by atoms with Gasteiger partial charge in [-0.3, -0.25) is 0 Å². The average molecular weight is 153 g/mol. The SMILES string of the molecule is O=[Se]=O.[Ca+2].[H-].[H-]. The van der Waals surface area contributed by atoms with E-state index in [-0.39, 0.29) is 40.6 Å². The van der Waals surface area contributed by atoms with Gasteiger partial charge in [-0.2, -0.15) is 0 Å². The van der Waals surface area contributed by atoms with Gasteiger partial charge in [0.2, 0.25) is 0 Å². The molecule has 0 heterocycles. The summed E-state index contributed by atoms with van der Waals surface area (Å²) in [5.41, 5.74) is 0. The first-order chi connectivity index (χ1) is 1.41. The molecular formula is H2CaO2Se. The Morgan fingerprint density at radius 3 is 1.50 bits per heavy atom. The largest absolute Gasteiger partial charge is 2.00 e. The molecule has 0 radical (unpaired) electrons. The molecule has 0 bridgehead atoms. The molecule has 0 fully saturated rings.